The largest absolute Gasteiger partial charge is 0.586 e. The molecule has 0 radical (unpaired) electrons. The van der Waals surface area contributed by atoms with Crippen LogP contribution in [0.3, 0.4) is 0 Å². The van der Waals surface area contributed by atoms with E-state index in [2.05, 4.69) is 19.6 Å². The number of benzene rings is 2. The van der Waals surface area contributed by atoms with Gasteiger partial charge >= 0.3 is 18.4 Å². The van der Waals surface area contributed by atoms with E-state index in [4.69, 9.17) is 14.6 Å². The van der Waals surface area contributed by atoms with Crippen molar-refractivity contribution in [3.8, 4) is 28.8 Å². The minimum atomic E-state index is -4.74. The molecule has 2 aromatic heterocycles. The lowest BCUT2D eigenvalue weighted by Crippen LogP contribution is -2.25. The lowest BCUT2D eigenvalue weighted by atomic mass is 9.93. The number of pyridine rings is 1. The number of hydrogen-bond acceptors (Lipinski definition) is 7. The molecule has 1 aliphatic heterocycles. The van der Waals surface area contributed by atoms with Gasteiger partial charge in [-0.25, -0.2) is 14.5 Å². The quantitative estimate of drug-likeness (QED) is 0.228. The fraction of sp³-hybridized carbons (Fsp3) is 0.276. The first kappa shape index (κ1) is 28.2. The average Bonchev–Trinajstić information content (AvgIpc) is 3.50. The highest BCUT2D eigenvalue weighted by Crippen LogP contribution is 2.44. The molecule has 6 rings (SSSR count). The lowest BCUT2D eigenvalue weighted by Gasteiger charge is -2.25. The number of carboxylic acid groups (broad SMARTS) is 1. The fourth-order valence-corrected chi connectivity index (χ4v) is 5.08. The number of aromatic nitrogens is 3. The zero-order valence-electron chi connectivity index (χ0n) is 22.3. The number of halogens is 5. The molecule has 0 spiro atoms. The Morgan fingerprint density at radius 2 is 1.81 bits per heavy atom. The molecular formula is C29H22F5N3O6. The highest BCUT2D eigenvalue weighted by atomic mass is 19.4. The van der Waals surface area contributed by atoms with Crippen molar-refractivity contribution in [3.63, 3.8) is 0 Å². The molecule has 2 aromatic carbocycles. The third kappa shape index (κ3) is 5.64. The molecule has 224 valence electrons. The highest BCUT2D eigenvalue weighted by Gasteiger charge is 2.44. The Hall–Kier alpha value is -4.88. The molecule has 2 aliphatic rings. The minimum absolute atomic E-state index is 0.00967. The molecule has 43 heavy (non-hydrogen) atoms. The lowest BCUT2D eigenvalue weighted by molar-refractivity contribution is -0.286. The van der Waals surface area contributed by atoms with Crippen LogP contribution in [-0.2, 0) is 12.6 Å². The number of rotatable bonds is 7. The number of hydrogen-bond donors (Lipinski definition) is 1. The van der Waals surface area contributed by atoms with Crippen molar-refractivity contribution in [2.45, 2.75) is 50.9 Å². The van der Waals surface area contributed by atoms with Crippen molar-refractivity contribution in [2.24, 2.45) is 0 Å². The van der Waals surface area contributed by atoms with Gasteiger partial charge in [-0.05, 0) is 74.2 Å². The smallest absolute Gasteiger partial charge is 0.486 e. The van der Waals surface area contributed by atoms with Crippen LogP contribution in [0.15, 0.2) is 60.8 Å². The van der Waals surface area contributed by atoms with E-state index in [0.717, 1.165) is 4.68 Å². The van der Waals surface area contributed by atoms with Crippen LogP contribution >= 0.6 is 0 Å². The van der Waals surface area contributed by atoms with Crippen molar-refractivity contribution < 1.29 is 50.8 Å². The number of aromatic carboxylic acids is 1. The molecule has 1 N–H and O–H groups in total. The van der Waals surface area contributed by atoms with Crippen molar-refractivity contribution in [1.29, 1.82) is 0 Å². The van der Waals surface area contributed by atoms with E-state index in [1.165, 1.54) is 60.8 Å². The van der Waals surface area contributed by atoms with E-state index in [9.17, 15) is 26.7 Å². The summed E-state index contributed by atoms with van der Waals surface area (Å²) in [6.45, 7) is 1.66. The van der Waals surface area contributed by atoms with Crippen LogP contribution in [0.5, 0.6) is 23.0 Å². The third-order valence-corrected chi connectivity index (χ3v) is 7.01. The Bertz CT molecular complexity index is 1690. The standard InChI is InChI=1S/C29H22F5N3O6/c1-15(17-7-10-21-23(13-17)43-29(33,34)42-21)40-19-11-12-35-24(14-19)37-25-20(26(36-37)28(30,31)32)3-2-4-22(25)41-18-8-5-16(6-9-18)27(38)39/h5-15,22H,2-4H2,1H3,(H,38,39)/t15-,22-/m0/s1. The summed E-state index contributed by atoms with van der Waals surface area (Å²) in [5.74, 6) is -0.841. The Labute approximate surface area is 240 Å². The second-order valence-electron chi connectivity index (χ2n) is 9.93. The zero-order chi connectivity index (χ0) is 30.5. The number of carboxylic acids is 1. The predicted molar refractivity (Wildman–Crippen MR) is 138 cm³/mol. The second-order valence-corrected chi connectivity index (χ2v) is 9.93. The Morgan fingerprint density at radius 3 is 2.53 bits per heavy atom. The summed E-state index contributed by atoms with van der Waals surface area (Å²) in [6, 6.07) is 12.7. The summed E-state index contributed by atoms with van der Waals surface area (Å²) in [5, 5.41) is 13.1. The summed E-state index contributed by atoms with van der Waals surface area (Å²) >= 11 is 0. The second kappa shape index (κ2) is 10.4. The van der Waals surface area contributed by atoms with Gasteiger partial charge in [0.2, 0.25) is 0 Å². The number of fused-ring (bicyclic) bond motifs is 2. The summed E-state index contributed by atoms with van der Waals surface area (Å²) in [6.07, 6.45) is -7.75. The summed E-state index contributed by atoms with van der Waals surface area (Å²) in [5.41, 5.74) is -0.359. The van der Waals surface area contributed by atoms with Gasteiger partial charge in [-0.3, -0.25) is 0 Å². The van der Waals surface area contributed by atoms with Gasteiger partial charge in [-0.2, -0.15) is 18.3 Å². The predicted octanol–water partition coefficient (Wildman–Crippen LogP) is 6.90. The number of carbonyl (C=O) groups is 1. The van der Waals surface area contributed by atoms with Gasteiger partial charge in [0.05, 0.1) is 11.3 Å². The van der Waals surface area contributed by atoms with E-state index in [-0.39, 0.29) is 52.1 Å². The average molecular weight is 604 g/mol. The number of nitrogens with zero attached hydrogens (tertiary/aromatic N) is 3. The van der Waals surface area contributed by atoms with E-state index in [1.807, 2.05) is 0 Å². The molecular weight excluding hydrogens is 581 g/mol. The van der Waals surface area contributed by atoms with Crippen LogP contribution in [0.1, 0.15) is 64.8 Å². The summed E-state index contributed by atoms with van der Waals surface area (Å²) in [4.78, 5) is 15.4. The van der Waals surface area contributed by atoms with Gasteiger partial charge in [-0.15, -0.1) is 8.78 Å². The molecule has 4 aromatic rings. The van der Waals surface area contributed by atoms with Crippen molar-refractivity contribution in [1.82, 2.24) is 14.8 Å². The molecule has 14 heteroatoms. The maximum Gasteiger partial charge on any atom is 0.586 e. The van der Waals surface area contributed by atoms with Crippen LogP contribution in [0, 0.1) is 0 Å². The van der Waals surface area contributed by atoms with Crippen LogP contribution in [0.25, 0.3) is 5.82 Å². The number of ether oxygens (including phenoxy) is 4. The van der Waals surface area contributed by atoms with Crippen molar-refractivity contribution in [3.05, 3.63) is 88.9 Å². The topological polar surface area (TPSA) is 105 Å². The first-order valence-corrected chi connectivity index (χ1v) is 13.1. The summed E-state index contributed by atoms with van der Waals surface area (Å²) in [7, 11) is 0. The fourth-order valence-electron chi connectivity index (χ4n) is 5.08. The van der Waals surface area contributed by atoms with Gasteiger partial charge in [0.1, 0.15) is 23.7 Å². The molecule has 9 nitrogen and oxygen atoms in total. The van der Waals surface area contributed by atoms with Gasteiger partial charge < -0.3 is 24.1 Å². The first-order chi connectivity index (χ1) is 20.4. The van der Waals surface area contributed by atoms with Crippen LogP contribution < -0.4 is 18.9 Å². The molecule has 0 amide bonds. The molecule has 0 saturated heterocycles. The van der Waals surface area contributed by atoms with Crippen LogP contribution in [0.4, 0.5) is 22.0 Å². The maximum atomic E-state index is 14.1. The molecule has 2 atom stereocenters. The molecule has 1 aliphatic carbocycles. The highest BCUT2D eigenvalue weighted by molar-refractivity contribution is 5.87. The van der Waals surface area contributed by atoms with E-state index in [1.54, 1.807) is 6.92 Å². The van der Waals surface area contributed by atoms with Gasteiger partial charge in [0, 0.05) is 17.8 Å². The SMILES string of the molecule is C[C@H](Oc1ccnc(-n2nc(C(F)(F)F)c3c2[C@@H](Oc2ccc(C(=O)O)cc2)CCC3)c1)c1ccc2c(c1)OC(F)(F)O2. The molecule has 0 fully saturated rings. The minimum Gasteiger partial charge on any atom is -0.486 e. The molecule has 0 unspecified atom stereocenters. The Balaban J connectivity index is 1.31. The third-order valence-electron chi connectivity index (χ3n) is 7.01. The Kier molecular flexibility index (Phi) is 6.86. The van der Waals surface area contributed by atoms with Gasteiger partial charge in [0.25, 0.3) is 0 Å². The summed E-state index contributed by atoms with van der Waals surface area (Å²) < 4.78 is 91.1. The maximum absolute atomic E-state index is 14.1. The normalized spacial score (nSPS) is 17.7. The molecule has 0 bridgehead atoms. The molecule has 3 heterocycles. The van der Waals surface area contributed by atoms with E-state index >= 15 is 0 Å². The van der Waals surface area contributed by atoms with E-state index in [0.29, 0.717) is 18.4 Å². The zero-order valence-corrected chi connectivity index (χ0v) is 22.3. The first-order valence-electron chi connectivity index (χ1n) is 13.1. The van der Waals surface area contributed by atoms with Gasteiger partial charge in [-0.1, -0.05) is 6.07 Å². The number of alkyl halides is 5. The van der Waals surface area contributed by atoms with Crippen molar-refractivity contribution >= 4 is 5.97 Å². The van der Waals surface area contributed by atoms with E-state index < -0.39 is 36.3 Å². The van der Waals surface area contributed by atoms with Gasteiger partial charge in [0.15, 0.2) is 23.0 Å². The Morgan fingerprint density at radius 1 is 1.07 bits per heavy atom. The van der Waals surface area contributed by atoms with Crippen LogP contribution in [0.2, 0.25) is 0 Å². The van der Waals surface area contributed by atoms with Crippen molar-refractivity contribution in [2.75, 3.05) is 0 Å². The monoisotopic (exact) mass is 603 g/mol. The van der Waals surface area contributed by atoms with Crippen LogP contribution in [-0.4, -0.2) is 32.1 Å². The molecule has 0 saturated carbocycles.